The molecule has 0 aromatic carbocycles. The number of alkyl halides is 3. The van der Waals surface area contributed by atoms with Crippen LogP contribution < -0.4 is 10.6 Å². The molecule has 0 saturated heterocycles. The molecule has 0 unspecified atom stereocenters. The van der Waals surface area contributed by atoms with E-state index in [2.05, 4.69) is 21.5 Å². The Balaban J connectivity index is 3.21. The number of nitrogens with two attached hydrogens (primary N) is 1. The maximum absolute atomic E-state index is 12.9. The number of allylic oxidation sites excluding steroid dienone is 1. The first-order valence-electron chi connectivity index (χ1n) is 6.65. The van der Waals surface area contributed by atoms with Crippen LogP contribution in [0.5, 0.6) is 0 Å². The van der Waals surface area contributed by atoms with Crippen molar-refractivity contribution in [3.05, 3.63) is 18.3 Å². The summed E-state index contributed by atoms with van der Waals surface area (Å²) in [5.74, 6) is 0.688. The highest BCUT2D eigenvalue weighted by Crippen LogP contribution is 2.28. The Morgan fingerprint density at radius 2 is 2.00 bits per heavy atom. The van der Waals surface area contributed by atoms with E-state index in [1.165, 1.54) is 6.07 Å². The van der Waals surface area contributed by atoms with Gasteiger partial charge < -0.3 is 10.6 Å². The lowest BCUT2D eigenvalue weighted by Crippen LogP contribution is -2.26. The highest BCUT2D eigenvalue weighted by Gasteiger charge is 2.37. The molecule has 8 heteroatoms. The molecule has 0 radical (unpaired) electrons. The predicted molar refractivity (Wildman–Crippen MR) is 83.0 cm³/mol. The smallest absolute Gasteiger partial charge is 0.368 e. The third-order valence-corrected chi connectivity index (χ3v) is 2.85. The van der Waals surface area contributed by atoms with Gasteiger partial charge in [0.15, 0.2) is 0 Å². The van der Waals surface area contributed by atoms with E-state index < -0.39 is 11.9 Å². The zero-order chi connectivity index (χ0) is 17.1. The van der Waals surface area contributed by atoms with Crippen molar-refractivity contribution in [2.24, 2.45) is 10.9 Å². The highest BCUT2D eigenvalue weighted by atomic mass is 19.4. The van der Waals surface area contributed by atoms with Crippen molar-refractivity contribution < 1.29 is 13.2 Å². The molecule has 0 amide bonds. The van der Waals surface area contributed by atoms with Crippen LogP contribution in [-0.2, 0) is 0 Å². The van der Waals surface area contributed by atoms with Crippen LogP contribution in [0, 0.1) is 5.92 Å². The second-order valence-electron chi connectivity index (χ2n) is 5.29. The lowest BCUT2D eigenvalue weighted by molar-refractivity contribution is -0.0572. The highest BCUT2D eigenvalue weighted by molar-refractivity contribution is 6.25. The molecule has 0 spiro atoms. The SMILES string of the molecule is C=C(/C(=N\C)C(F)(F)F)c1cc(N(C)CC(C)C)nc(N)n1. The molecular formula is C14H20F3N5. The summed E-state index contributed by atoms with van der Waals surface area (Å²) in [7, 11) is 2.84. The number of rotatable bonds is 5. The van der Waals surface area contributed by atoms with Crippen molar-refractivity contribution in [1.82, 2.24) is 9.97 Å². The topological polar surface area (TPSA) is 67.4 Å². The monoisotopic (exact) mass is 315 g/mol. The van der Waals surface area contributed by atoms with E-state index in [-0.39, 0.29) is 17.2 Å². The minimum absolute atomic E-state index is 0.0102. The van der Waals surface area contributed by atoms with E-state index >= 15 is 0 Å². The second-order valence-corrected chi connectivity index (χ2v) is 5.29. The molecule has 5 nitrogen and oxygen atoms in total. The maximum Gasteiger partial charge on any atom is 0.433 e. The molecule has 0 fully saturated rings. The van der Waals surface area contributed by atoms with Crippen LogP contribution in [-0.4, -0.2) is 42.5 Å². The molecule has 0 aliphatic rings. The van der Waals surface area contributed by atoms with Gasteiger partial charge in [-0.1, -0.05) is 20.4 Å². The molecule has 1 aromatic heterocycles. The van der Waals surface area contributed by atoms with Crippen molar-refractivity contribution in [2.75, 3.05) is 31.3 Å². The number of aromatic nitrogens is 2. The number of anilines is 2. The van der Waals surface area contributed by atoms with E-state index in [4.69, 9.17) is 5.73 Å². The number of nitrogen functional groups attached to an aromatic ring is 1. The molecular weight excluding hydrogens is 295 g/mol. The summed E-state index contributed by atoms with van der Waals surface area (Å²) in [6, 6.07) is 1.43. The molecule has 0 aliphatic heterocycles. The predicted octanol–water partition coefficient (Wildman–Crippen LogP) is 2.80. The van der Waals surface area contributed by atoms with Crippen LogP contribution in [0.2, 0.25) is 0 Å². The zero-order valence-corrected chi connectivity index (χ0v) is 13.1. The van der Waals surface area contributed by atoms with Gasteiger partial charge in [-0.25, -0.2) is 4.98 Å². The van der Waals surface area contributed by atoms with Gasteiger partial charge in [0.05, 0.1) is 5.69 Å². The normalized spacial score (nSPS) is 12.6. The first-order chi connectivity index (χ1) is 10.1. The zero-order valence-electron chi connectivity index (χ0n) is 13.1. The van der Waals surface area contributed by atoms with Crippen LogP contribution in [0.4, 0.5) is 24.9 Å². The van der Waals surface area contributed by atoms with Gasteiger partial charge in [-0.15, -0.1) is 0 Å². The average molecular weight is 315 g/mol. The van der Waals surface area contributed by atoms with E-state index in [1.807, 2.05) is 13.8 Å². The molecule has 0 aliphatic carbocycles. The number of nitrogens with zero attached hydrogens (tertiary/aromatic N) is 4. The van der Waals surface area contributed by atoms with E-state index in [9.17, 15) is 13.2 Å². The third kappa shape index (κ3) is 4.44. The summed E-state index contributed by atoms with van der Waals surface area (Å²) in [5.41, 5.74) is 4.20. The number of aliphatic imine (C=N–C) groups is 1. The van der Waals surface area contributed by atoms with Crippen LogP contribution in [0.3, 0.4) is 0 Å². The minimum atomic E-state index is -4.60. The molecule has 1 aromatic rings. The first-order valence-corrected chi connectivity index (χ1v) is 6.65. The summed E-state index contributed by atoms with van der Waals surface area (Å²) in [5, 5.41) is 0. The minimum Gasteiger partial charge on any atom is -0.368 e. The molecule has 22 heavy (non-hydrogen) atoms. The van der Waals surface area contributed by atoms with Gasteiger partial charge in [0.25, 0.3) is 0 Å². The van der Waals surface area contributed by atoms with Crippen molar-refractivity contribution in [1.29, 1.82) is 0 Å². The largest absolute Gasteiger partial charge is 0.433 e. The summed E-state index contributed by atoms with van der Waals surface area (Å²) in [6.07, 6.45) is -4.60. The van der Waals surface area contributed by atoms with Crippen molar-refractivity contribution in [3.8, 4) is 0 Å². The Morgan fingerprint density at radius 1 is 1.41 bits per heavy atom. The molecule has 1 rings (SSSR count). The summed E-state index contributed by atoms with van der Waals surface area (Å²) in [4.78, 5) is 13.0. The summed E-state index contributed by atoms with van der Waals surface area (Å²) < 4.78 is 38.7. The summed E-state index contributed by atoms with van der Waals surface area (Å²) in [6.45, 7) is 8.17. The molecule has 1 heterocycles. The molecule has 0 atom stereocenters. The number of halogens is 3. The van der Waals surface area contributed by atoms with E-state index in [1.54, 1.807) is 11.9 Å². The Morgan fingerprint density at radius 3 is 2.45 bits per heavy atom. The van der Waals surface area contributed by atoms with Crippen LogP contribution in [0.25, 0.3) is 5.57 Å². The standard InChI is InChI=1S/C14H20F3N5/c1-8(2)7-22(5)11-6-10(20-13(18)21-11)9(3)12(19-4)14(15,16)17/h6,8H,3,7H2,1-2,4-5H3,(H2,18,20,21)/b19-12+. The lowest BCUT2D eigenvalue weighted by atomic mass is 10.1. The number of hydrogen-bond acceptors (Lipinski definition) is 5. The average Bonchev–Trinajstić information content (AvgIpc) is 2.36. The Hall–Kier alpha value is -2.12. The van der Waals surface area contributed by atoms with Gasteiger partial charge in [-0.3, -0.25) is 4.99 Å². The molecule has 0 bridgehead atoms. The lowest BCUT2D eigenvalue weighted by Gasteiger charge is -2.21. The Bertz CT molecular complexity index is 578. The summed E-state index contributed by atoms with van der Waals surface area (Å²) >= 11 is 0. The van der Waals surface area contributed by atoms with E-state index in [0.29, 0.717) is 18.3 Å². The third-order valence-electron chi connectivity index (χ3n) is 2.85. The van der Waals surface area contributed by atoms with Gasteiger partial charge in [0.2, 0.25) is 5.95 Å². The van der Waals surface area contributed by atoms with Gasteiger partial charge in [-0.05, 0) is 5.92 Å². The van der Waals surface area contributed by atoms with Gasteiger partial charge in [0, 0.05) is 32.3 Å². The fourth-order valence-corrected chi connectivity index (χ4v) is 2.00. The van der Waals surface area contributed by atoms with Crippen molar-refractivity contribution in [2.45, 2.75) is 20.0 Å². The van der Waals surface area contributed by atoms with Crippen molar-refractivity contribution in [3.63, 3.8) is 0 Å². The van der Waals surface area contributed by atoms with E-state index in [0.717, 1.165) is 7.05 Å². The van der Waals surface area contributed by atoms with Crippen LogP contribution in [0.1, 0.15) is 19.5 Å². The Kier molecular flexibility index (Phi) is 5.51. The first kappa shape index (κ1) is 17.9. The van der Waals surface area contributed by atoms with Crippen LogP contribution in [0.15, 0.2) is 17.6 Å². The second kappa shape index (κ2) is 6.76. The molecule has 0 saturated carbocycles. The number of hydrogen-bond donors (Lipinski definition) is 1. The maximum atomic E-state index is 12.9. The molecule has 2 N–H and O–H groups in total. The van der Waals surface area contributed by atoms with Gasteiger partial charge in [0.1, 0.15) is 11.5 Å². The van der Waals surface area contributed by atoms with Gasteiger partial charge >= 0.3 is 6.18 Å². The van der Waals surface area contributed by atoms with Crippen LogP contribution >= 0.6 is 0 Å². The fourth-order valence-electron chi connectivity index (χ4n) is 2.00. The Labute approximate surface area is 127 Å². The van der Waals surface area contributed by atoms with Gasteiger partial charge in [-0.2, -0.15) is 18.2 Å². The fraction of sp³-hybridized carbons (Fsp3) is 0.500. The quantitative estimate of drug-likeness (QED) is 0.848. The molecule has 122 valence electrons. The van der Waals surface area contributed by atoms with Crippen molar-refractivity contribution >= 4 is 23.1 Å².